The van der Waals surface area contributed by atoms with Crippen molar-refractivity contribution in [2.45, 2.75) is 0 Å². The van der Waals surface area contributed by atoms with E-state index in [0.29, 0.717) is 0 Å². The molecule has 1 aromatic heterocycles. The Labute approximate surface area is 148 Å². The predicted octanol–water partition coefficient (Wildman–Crippen LogP) is 5.34. The summed E-state index contributed by atoms with van der Waals surface area (Å²) >= 11 is 0. The molecule has 0 bridgehead atoms. The van der Waals surface area contributed by atoms with E-state index in [2.05, 4.69) is 72.8 Å². The fourth-order valence-corrected chi connectivity index (χ4v) is 3.21. The number of rotatable bonds is 1. The fraction of sp³-hybridized carbons (Fsp3) is 0. The summed E-state index contributed by atoms with van der Waals surface area (Å²) < 4.78 is 0. The van der Waals surface area contributed by atoms with Gasteiger partial charge in [0.05, 0.1) is 5.52 Å². The molecule has 0 atom stereocenters. The number of aromatic nitrogens is 1. The zero-order valence-electron chi connectivity index (χ0n) is 12.2. The molecule has 0 N–H and O–H groups in total. The summed E-state index contributed by atoms with van der Waals surface area (Å²) in [6.45, 7) is 0. The normalized spacial score (nSPS) is 11.8. The van der Waals surface area contributed by atoms with Gasteiger partial charge in [-0.3, -0.25) is 4.98 Å². The van der Waals surface area contributed by atoms with Gasteiger partial charge in [-0.15, -0.1) is 29.1 Å². The van der Waals surface area contributed by atoms with Crippen LogP contribution in [0.1, 0.15) is 11.1 Å². The van der Waals surface area contributed by atoms with Crippen molar-refractivity contribution in [3.63, 3.8) is 0 Å². The van der Waals surface area contributed by atoms with E-state index in [9.17, 15) is 0 Å². The number of nitrogens with zero attached hydrogens (tertiary/aromatic N) is 1. The van der Waals surface area contributed by atoms with E-state index in [-0.39, 0.29) is 20.1 Å². The molecule has 111 valence electrons. The van der Waals surface area contributed by atoms with Gasteiger partial charge in [0.2, 0.25) is 0 Å². The first-order valence-electron chi connectivity index (χ1n) is 7.41. The van der Waals surface area contributed by atoms with Gasteiger partial charge >= 0.3 is 0 Å². The van der Waals surface area contributed by atoms with E-state index in [0.717, 1.165) is 16.8 Å². The van der Waals surface area contributed by atoms with Crippen LogP contribution in [0.15, 0.2) is 60.7 Å². The number of pyridine rings is 1. The van der Waals surface area contributed by atoms with Crippen LogP contribution >= 0.6 is 0 Å². The molecule has 0 unspecified atom stereocenters. The molecule has 1 heterocycles. The van der Waals surface area contributed by atoms with Gasteiger partial charge in [0.1, 0.15) is 0 Å². The summed E-state index contributed by atoms with van der Waals surface area (Å²) in [6, 6.07) is 24.4. The largest absolute Gasteiger partial charge is 0.296 e. The molecule has 1 nitrogen and oxygen atoms in total. The molecule has 1 aliphatic rings. The third-order valence-electron chi connectivity index (χ3n) is 4.29. The van der Waals surface area contributed by atoms with Crippen LogP contribution in [0.4, 0.5) is 0 Å². The van der Waals surface area contributed by atoms with Crippen molar-refractivity contribution in [2.24, 2.45) is 0 Å². The first-order valence-corrected chi connectivity index (χ1v) is 7.41. The molecule has 1 radical (unpaired) electrons. The van der Waals surface area contributed by atoms with Crippen LogP contribution < -0.4 is 0 Å². The molecule has 0 saturated heterocycles. The molecule has 0 aliphatic heterocycles. The second-order valence-electron chi connectivity index (χ2n) is 5.65. The Morgan fingerprint density at radius 1 is 0.783 bits per heavy atom. The Morgan fingerprint density at radius 3 is 2.52 bits per heavy atom. The molecular weight excluding hydrogens is 458 g/mol. The molecule has 0 spiro atoms. The number of hydrogen-bond acceptors (Lipinski definition) is 1. The van der Waals surface area contributed by atoms with Crippen molar-refractivity contribution in [3.05, 3.63) is 77.9 Å². The van der Waals surface area contributed by atoms with E-state index in [4.69, 9.17) is 4.98 Å². The quantitative estimate of drug-likeness (QED) is 0.302. The van der Waals surface area contributed by atoms with Crippen molar-refractivity contribution in [1.82, 2.24) is 4.98 Å². The van der Waals surface area contributed by atoms with Crippen LogP contribution in [0.25, 0.3) is 45.1 Å². The average molecular weight is 471 g/mol. The van der Waals surface area contributed by atoms with Crippen LogP contribution in [-0.2, 0) is 20.1 Å². The van der Waals surface area contributed by atoms with E-state index in [1.807, 2.05) is 6.07 Å². The summed E-state index contributed by atoms with van der Waals surface area (Å²) in [4.78, 5) is 4.84. The van der Waals surface area contributed by atoms with Crippen LogP contribution in [0.2, 0.25) is 0 Å². The molecule has 1 aliphatic carbocycles. The number of fused-ring (bicyclic) bond motifs is 1. The van der Waals surface area contributed by atoms with Gasteiger partial charge in [-0.2, -0.15) is 0 Å². The SMILES string of the molecule is [Ir].[c-]1cc2ccccc2cc1-c1cc2c3c(cccc3n1)C=C2. The average Bonchev–Trinajstić information content (AvgIpc) is 2.99. The van der Waals surface area contributed by atoms with Gasteiger partial charge in [-0.1, -0.05) is 60.0 Å². The van der Waals surface area contributed by atoms with Crippen molar-refractivity contribution >= 4 is 33.8 Å². The molecule has 2 heteroatoms. The molecule has 0 saturated carbocycles. The van der Waals surface area contributed by atoms with E-state index in [1.54, 1.807) is 0 Å². The first kappa shape index (κ1) is 14.3. The minimum absolute atomic E-state index is 0. The molecule has 5 rings (SSSR count). The number of benzene rings is 3. The van der Waals surface area contributed by atoms with Crippen molar-refractivity contribution in [3.8, 4) is 11.3 Å². The van der Waals surface area contributed by atoms with E-state index in [1.165, 1.54) is 27.3 Å². The van der Waals surface area contributed by atoms with Crippen LogP contribution in [0.3, 0.4) is 0 Å². The van der Waals surface area contributed by atoms with Gasteiger partial charge < -0.3 is 0 Å². The maximum atomic E-state index is 4.84. The zero-order valence-corrected chi connectivity index (χ0v) is 14.6. The Bertz CT molecular complexity index is 1080. The van der Waals surface area contributed by atoms with Gasteiger partial charge in [0, 0.05) is 25.5 Å². The topological polar surface area (TPSA) is 12.9 Å². The third kappa shape index (κ3) is 2.23. The Balaban J connectivity index is 0.00000135. The minimum Gasteiger partial charge on any atom is -0.296 e. The van der Waals surface area contributed by atoms with E-state index < -0.39 is 0 Å². The van der Waals surface area contributed by atoms with Crippen LogP contribution in [0, 0.1) is 6.07 Å². The molecule has 0 amide bonds. The predicted molar refractivity (Wildman–Crippen MR) is 92.4 cm³/mol. The molecule has 0 fully saturated rings. The van der Waals surface area contributed by atoms with Crippen LogP contribution in [-0.4, -0.2) is 4.98 Å². The molecule has 3 aromatic carbocycles. The second-order valence-corrected chi connectivity index (χ2v) is 5.65. The van der Waals surface area contributed by atoms with Crippen molar-refractivity contribution < 1.29 is 20.1 Å². The summed E-state index contributed by atoms with van der Waals surface area (Å²) in [7, 11) is 0. The fourth-order valence-electron chi connectivity index (χ4n) is 3.21. The van der Waals surface area contributed by atoms with Gasteiger partial charge in [-0.05, 0) is 22.9 Å². The maximum absolute atomic E-state index is 4.84. The monoisotopic (exact) mass is 471 g/mol. The maximum Gasteiger partial charge on any atom is 0.0607 e. The Hall–Kier alpha value is -2.28. The van der Waals surface area contributed by atoms with Crippen LogP contribution in [0.5, 0.6) is 0 Å². The van der Waals surface area contributed by atoms with E-state index >= 15 is 0 Å². The third-order valence-corrected chi connectivity index (χ3v) is 4.29. The second kappa shape index (κ2) is 5.42. The summed E-state index contributed by atoms with van der Waals surface area (Å²) in [5, 5.41) is 3.68. The zero-order chi connectivity index (χ0) is 14.5. The smallest absolute Gasteiger partial charge is 0.0607 e. The van der Waals surface area contributed by atoms with Crippen molar-refractivity contribution in [1.29, 1.82) is 0 Å². The standard InChI is InChI=1S/C21H12N.Ir/c1-2-5-16-12-17(10-8-14(16)4-1)20-13-18-11-9-15-6-3-7-19(22-20)21(15)18;/h1-9,11-13H;/q-1;. The molecule has 4 aromatic rings. The minimum atomic E-state index is 0. The summed E-state index contributed by atoms with van der Waals surface area (Å²) in [5.74, 6) is 0. The van der Waals surface area contributed by atoms with Gasteiger partial charge in [0.15, 0.2) is 0 Å². The van der Waals surface area contributed by atoms with Gasteiger partial charge in [-0.25, -0.2) is 0 Å². The Morgan fingerprint density at radius 2 is 1.61 bits per heavy atom. The molecule has 23 heavy (non-hydrogen) atoms. The molecular formula is C21H12IrN-. The Kier molecular flexibility index (Phi) is 3.37. The summed E-state index contributed by atoms with van der Waals surface area (Å²) in [5.41, 5.74) is 5.59. The number of hydrogen-bond donors (Lipinski definition) is 0. The van der Waals surface area contributed by atoms with Gasteiger partial charge in [0.25, 0.3) is 0 Å². The summed E-state index contributed by atoms with van der Waals surface area (Å²) in [6.07, 6.45) is 4.33. The first-order chi connectivity index (χ1) is 10.9. The van der Waals surface area contributed by atoms with Crippen molar-refractivity contribution in [2.75, 3.05) is 0 Å².